The summed E-state index contributed by atoms with van der Waals surface area (Å²) in [7, 11) is 0. The minimum absolute atomic E-state index is 0.125. The van der Waals surface area contributed by atoms with E-state index < -0.39 is 0 Å². The molecule has 0 unspecified atom stereocenters. The number of rotatable bonds is 4. The lowest BCUT2D eigenvalue weighted by molar-refractivity contribution is 0.112. The molecule has 7 heteroatoms. The number of ether oxygens (including phenoxy) is 1. The number of anilines is 1. The van der Waals surface area contributed by atoms with E-state index in [0.717, 1.165) is 25.0 Å². The van der Waals surface area contributed by atoms with Crippen LogP contribution in [0.1, 0.15) is 12.8 Å². The Kier molecular flexibility index (Phi) is 4.11. The number of carbonyl (C=O) groups excluding carboxylic acids is 1. The maximum Gasteiger partial charge on any atom is 0.319 e. The van der Waals surface area contributed by atoms with Crippen molar-refractivity contribution >= 4 is 11.7 Å². The Labute approximate surface area is 121 Å². The summed E-state index contributed by atoms with van der Waals surface area (Å²) >= 11 is 0. The topological polar surface area (TPSA) is 89.3 Å². The third kappa shape index (κ3) is 3.57. The molecule has 110 valence electrons. The highest BCUT2D eigenvalue weighted by Crippen LogP contribution is 2.20. The molecule has 1 aromatic heterocycles. The molecule has 3 rings (SSSR count). The highest BCUT2D eigenvalue weighted by atomic mass is 16.5. The monoisotopic (exact) mass is 288 g/mol. The molecule has 1 fully saturated rings. The van der Waals surface area contributed by atoms with E-state index in [2.05, 4.69) is 20.8 Å². The number of nitrogens with zero attached hydrogens (tertiary/aromatic N) is 2. The van der Waals surface area contributed by atoms with E-state index in [9.17, 15) is 4.79 Å². The van der Waals surface area contributed by atoms with Crippen LogP contribution in [0.3, 0.4) is 0 Å². The molecular weight excluding hydrogens is 272 g/mol. The Hall–Kier alpha value is -2.41. The Balaban J connectivity index is 1.56. The maximum atomic E-state index is 11.8. The van der Waals surface area contributed by atoms with Gasteiger partial charge < -0.3 is 19.8 Å². The summed E-state index contributed by atoms with van der Waals surface area (Å²) in [4.78, 5) is 11.8. The predicted octanol–water partition coefficient (Wildman–Crippen LogP) is 2.04. The molecule has 0 aliphatic carbocycles. The average molecular weight is 288 g/mol. The molecule has 2 aromatic rings. The van der Waals surface area contributed by atoms with Crippen molar-refractivity contribution in [1.29, 1.82) is 0 Å². The Morgan fingerprint density at radius 3 is 3.14 bits per heavy atom. The van der Waals surface area contributed by atoms with Crippen molar-refractivity contribution in [3.63, 3.8) is 0 Å². The van der Waals surface area contributed by atoms with E-state index in [1.54, 1.807) is 12.1 Å². The number of amides is 2. The zero-order chi connectivity index (χ0) is 14.5. The van der Waals surface area contributed by atoms with Crippen LogP contribution in [0.4, 0.5) is 10.5 Å². The van der Waals surface area contributed by atoms with Crippen LogP contribution >= 0.6 is 0 Å². The SMILES string of the molecule is O=C(NC[C@H]1CCCO1)Nc1cccc(-c2nnco2)c1. The lowest BCUT2D eigenvalue weighted by atomic mass is 10.2. The van der Waals surface area contributed by atoms with Gasteiger partial charge in [0.2, 0.25) is 12.3 Å². The molecule has 2 heterocycles. The summed E-state index contributed by atoms with van der Waals surface area (Å²) < 4.78 is 10.6. The van der Waals surface area contributed by atoms with Crippen LogP contribution in [-0.2, 0) is 4.74 Å². The van der Waals surface area contributed by atoms with Crippen LogP contribution in [0.2, 0.25) is 0 Å². The minimum Gasteiger partial charge on any atom is -0.423 e. The van der Waals surface area contributed by atoms with Crippen molar-refractivity contribution in [3.05, 3.63) is 30.7 Å². The van der Waals surface area contributed by atoms with Gasteiger partial charge in [-0.25, -0.2) is 4.79 Å². The van der Waals surface area contributed by atoms with Gasteiger partial charge in [0, 0.05) is 24.4 Å². The first-order chi connectivity index (χ1) is 10.3. The Morgan fingerprint density at radius 2 is 2.38 bits per heavy atom. The summed E-state index contributed by atoms with van der Waals surface area (Å²) in [5.41, 5.74) is 1.42. The molecule has 2 N–H and O–H groups in total. The van der Waals surface area contributed by atoms with Gasteiger partial charge in [-0.05, 0) is 31.0 Å². The van der Waals surface area contributed by atoms with E-state index in [-0.39, 0.29) is 12.1 Å². The standard InChI is InChI=1S/C14H16N4O3/c19-14(15-8-12-5-2-6-20-12)17-11-4-1-3-10(7-11)13-18-16-9-21-13/h1,3-4,7,9,12H,2,5-6,8H2,(H2,15,17,19)/t12-/m1/s1. The van der Waals surface area contributed by atoms with E-state index in [0.29, 0.717) is 18.1 Å². The molecule has 0 bridgehead atoms. The largest absolute Gasteiger partial charge is 0.423 e. The predicted molar refractivity (Wildman–Crippen MR) is 75.7 cm³/mol. The normalized spacial score (nSPS) is 17.6. The smallest absolute Gasteiger partial charge is 0.319 e. The summed E-state index contributed by atoms with van der Waals surface area (Å²) in [6, 6.07) is 6.97. The van der Waals surface area contributed by atoms with Gasteiger partial charge in [0.05, 0.1) is 6.10 Å². The van der Waals surface area contributed by atoms with E-state index in [1.807, 2.05) is 12.1 Å². The first kappa shape index (κ1) is 13.6. The molecule has 21 heavy (non-hydrogen) atoms. The number of benzene rings is 1. The van der Waals surface area contributed by atoms with Gasteiger partial charge in [0.15, 0.2) is 0 Å². The summed E-state index contributed by atoms with van der Waals surface area (Å²) in [6.07, 6.45) is 3.44. The zero-order valence-corrected chi connectivity index (χ0v) is 11.4. The molecule has 1 atom stereocenters. The van der Waals surface area contributed by atoms with Gasteiger partial charge in [-0.1, -0.05) is 6.07 Å². The third-order valence-corrected chi connectivity index (χ3v) is 3.24. The summed E-state index contributed by atoms with van der Waals surface area (Å²) in [6.45, 7) is 1.30. The second-order valence-corrected chi connectivity index (χ2v) is 4.79. The van der Waals surface area contributed by atoms with Crippen LogP contribution in [0.5, 0.6) is 0 Å². The molecular formula is C14H16N4O3. The van der Waals surface area contributed by atoms with Crippen LogP contribution < -0.4 is 10.6 Å². The van der Waals surface area contributed by atoms with E-state index in [4.69, 9.17) is 9.15 Å². The van der Waals surface area contributed by atoms with E-state index >= 15 is 0 Å². The molecule has 1 aliphatic rings. The molecule has 7 nitrogen and oxygen atoms in total. The van der Waals surface area contributed by atoms with Crippen molar-refractivity contribution in [2.45, 2.75) is 18.9 Å². The lowest BCUT2D eigenvalue weighted by Gasteiger charge is -2.12. The number of carbonyl (C=O) groups is 1. The van der Waals surface area contributed by atoms with Crippen molar-refractivity contribution in [3.8, 4) is 11.5 Å². The Bertz CT molecular complexity index is 594. The number of aromatic nitrogens is 2. The van der Waals surface area contributed by atoms with Crippen LogP contribution in [-0.4, -0.2) is 35.5 Å². The van der Waals surface area contributed by atoms with Gasteiger partial charge in [-0.2, -0.15) is 0 Å². The van der Waals surface area contributed by atoms with Crippen molar-refractivity contribution in [2.24, 2.45) is 0 Å². The van der Waals surface area contributed by atoms with Crippen LogP contribution in [0, 0.1) is 0 Å². The minimum atomic E-state index is -0.256. The first-order valence-electron chi connectivity index (χ1n) is 6.84. The van der Waals surface area contributed by atoms with Crippen molar-refractivity contribution in [1.82, 2.24) is 15.5 Å². The summed E-state index contributed by atoms with van der Waals surface area (Å²) in [5, 5.41) is 13.0. The van der Waals surface area contributed by atoms with Gasteiger partial charge in [0.1, 0.15) is 0 Å². The molecule has 0 radical (unpaired) electrons. The summed E-state index contributed by atoms with van der Waals surface area (Å²) in [5.74, 6) is 0.415. The highest BCUT2D eigenvalue weighted by Gasteiger charge is 2.16. The van der Waals surface area contributed by atoms with Gasteiger partial charge in [0.25, 0.3) is 0 Å². The highest BCUT2D eigenvalue weighted by molar-refractivity contribution is 5.89. The molecule has 0 spiro atoms. The maximum absolute atomic E-state index is 11.8. The zero-order valence-electron chi connectivity index (χ0n) is 11.4. The Morgan fingerprint density at radius 1 is 1.43 bits per heavy atom. The molecule has 2 amide bonds. The third-order valence-electron chi connectivity index (χ3n) is 3.24. The molecule has 1 aliphatic heterocycles. The second kappa shape index (κ2) is 6.36. The van der Waals surface area contributed by atoms with Gasteiger partial charge in [-0.15, -0.1) is 10.2 Å². The number of nitrogens with one attached hydrogen (secondary N) is 2. The fraction of sp³-hybridized carbons (Fsp3) is 0.357. The molecule has 0 saturated carbocycles. The first-order valence-corrected chi connectivity index (χ1v) is 6.84. The van der Waals surface area contributed by atoms with Crippen molar-refractivity contribution in [2.75, 3.05) is 18.5 Å². The van der Waals surface area contributed by atoms with Crippen molar-refractivity contribution < 1.29 is 13.9 Å². The quantitative estimate of drug-likeness (QED) is 0.898. The van der Waals surface area contributed by atoms with Crippen LogP contribution in [0.15, 0.2) is 35.1 Å². The molecule has 1 aromatic carbocycles. The van der Waals surface area contributed by atoms with E-state index in [1.165, 1.54) is 6.39 Å². The average Bonchev–Trinajstić information content (AvgIpc) is 3.19. The fourth-order valence-corrected chi connectivity index (χ4v) is 2.22. The lowest BCUT2D eigenvalue weighted by Crippen LogP contribution is -2.35. The molecule has 1 saturated heterocycles. The second-order valence-electron chi connectivity index (χ2n) is 4.79. The van der Waals surface area contributed by atoms with Gasteiger partial charge >= 0.3 is 6.03 Å². The van der Waals surface area contributed by atoms with Gasteiger partial charge in [-0.3, -0.25) is 0 Å². The number of hydrogen-bond donors (Lipinski definition) is 2. The fourth-order valence-electron chi connectivity index (χ4n) is 2.22. The number of urea groups is 1. The number of hydrogen-bond acceptors (Lipinski definition) is 5. The van der Waals surface area contributed by atoms with Crippen LogP contribution in [0.25, 0.3) is 11.5 Å².